The van der Waals surface area contributed by atoms with Gasteiger partial charge in [0.25, 0.3) is 5.91 Å². The Labute approximate surface area is 282 Å². The number of amides is 1. The second-order valence-electron chi connectivity index (χ2n) is 13.4. The molecule has 1 N–H and O–H groups in total. The third-order valence-corrected chi connectivity index (χ3v) is 11.8. The minimum Gasteiger partial charge on any atom is -0.421 e. The van der Waals surface area contributed by atoms with Gasteiger partial charge in [-0.15, -0.1) is 21.5 Å². The summed E-state index contributed by atoms with van der Waals surface area (Å²) >= 11 is 1.65. The Morgan fingerprint density at radius 3 is 2.73 bits per heavy atom. The first-order chi connectivity index (χ1) is 23.6. The van der Waals surface area contributed by atoms with Crippen LogP contribution in [0, 0.1) is 12.8 Å². The van der Waals surface area contributed by atoms with E-state index >= 15 is 0 Å². The van der Waals surface area contributed by atoms with Gasteiger partial charge < -0.3 is 24.1 Å². The quantitative estimate of drug-likeness (QED) is 0.179. The second kappa shape index (κ2) is 12.0. The highest BCUT2D eigenvalue weighted by atomic mass is 32.1. The summed E-state index contributed by atoms with van der Waals surface area (Å²) in [6.45, 7) is 4.17. The SMILES string of the molecule is CO[C@@H]1C[C@@H](Nc2nccc3cc(-c4c5c(nc(CCC6CCOCC6)c4-c4nnc(C)o4)[C@H]4CCCN4C5=O)sc23)c2ccccc21. The summed E-state index contributed by atoms with van der Waals surface area (Å²) in [4.78, 5) is 27.4. The summed E-state index contributed by atoms with van der Waals surface area (Å²) < 4.78 is 18.7. The predicted molar refractivity (Wildman–Crippen MR) is 183 cm³/mol. The van der Waals surface area contributed by atoms with E-state index in [9.17, 15) is 4.79 Å². The van der Waals surface area contributed by atoms with E-state index in [-0.39, 0.29) is 24.1 Å². The zero-order valence-electron chi connectivity index (χ0n) is 27.2. The molecule has 0 bridgehead atoms. The summed E-state index contributed by atoms with van der Waals surface area (Å²) in [6.07, 6.45) is 8.51. The zero-order valence-corrected chi connectivity index (χ0v) is 28.0. The molecule has 2 fully saturated rings. The average Bonchev–Trinajstić information content (AvgIpc) is 3.95. The van der Waals surface area contributed by atoms with Gasteiger partial charge in [-0.1, -0.05) is 24.3 Å². The van der Waals surface area contributed by atoms with Gasteiger partial charge in [-0.05, 0) is 73.1 Å². The fourth-order valence-electron chi connectivity index (χ4n) is 8.29. The van der Waals surface area contributed by atoms with E-state index in [4.69, 9.17) is 23.9 Å². The number of aryl methyl sites for hydroxylation is 2. The van der Waals surface area contributed by atoms with E-state index in [2.05, 4.69) is 45.8 Å². The molecule has 9 rings (SSSR count). The van der Waals surface area contributed by atoms with Gasteiger partial charge in [0.2, 0.25) is 11.8 Å². The lowest BCUT2D eigenvalue weighted by Crippen LogP contribution is -2.22. The number of nitrogens with zero attached hydrogens (tertiary/aromatic N) is 5. The highest BCUT2D eigenvalue weighted by Crippen LogP contribution is 2.51. The first-order valence-electron chi connectivity index (χ1n) is 17.1. The van der Waals surface area contributed by atoms with Gasteiger partial charge in [-0.2, -0.15) is 0 Å². The highest BCUT2D eigenvalue weighted by Gasteiger charge is 2.45. The molecule has 1 aliphatic carbocycles. The second-order valence-corrected chi connectivity index (χ2v) is 14.5. The Bertz CT molecular complexity index is 2030. The van der Waals surface area contributed by atoms with E-state index in [0.29, 0.717) is 23.3 Å². The van der Waals surface area contributed by atoms with E-state index in [1.165, 1.54) is 11.1 Å². The van der Waals surface area contributed by atoms with Crippen LogP contribution in [-0.2, 0) is 15.9 Å². The molecule has 4 aromatic heterocycles. The van der Waals surface area contributed by atoms with Crippen molar-refractivity contribution in [2.24, 2.45) is 5.92 Å². The molecule has 5 aromatic rings. The number of carbonyl (C=O) groups excluding carboxylic acids is 1. The molecule has 0 radical (unpaired) electrons. The molecule has 246 valence electrons. The minimum atomic E-state index is 0.0102. The molecule has 11 heteroatoms. The minimum absolute atomic E-state index is 0.0102. The van der Waals surface area contributed by atoms with Crippen molar-refractivity contribution in [3.63, 3.8) is 0 Å². The molecular weight excluding hydrogens is 625 g/mol. The molecule has 48 heavy (non-hydrogen) atoms. The van der Waals surface area contributed by atoms with Crippen molar-refractivity contribution < 1.29 is 18.7 Å². The van der Waals surface area contributed by atoms with Crippen molar-refractivity contribution in [3.05, 3.63) is 76.6 Å². The summed E-state index contributed by atoms with van der Waals surface area (Å²) in [5.74, 6) is 2.35. The molecule has 2 saturated heterocycles. The summed E-state index contributed by atoms with van der Waals surface area (Å²) in [7, 11) is 1.77. The molecule has 3 atom stereocenters. The fraction of sp³-hybridized carbons (Fsp3) is 0.432. The van der Waals surface area contributed by atoms with Crippen LogP contribution < -0.4 is 5.32 Å². The predicted octanol–water partition coefficient (Wildman–Crippen LogP) is 7.61. The summed E-state index contributed by atoms with van der Waals surface area (Å²) in [5.41, 5.74) is 6.62. The van der Waals surface area contributed by atoms with Crippen LogP contribution >= 0.6 is 11.3 Å². The molecular formula is C37H38N6O4S. The van der Waals surface area contributed by atoms with Crippen LogP contribution in [0.4, 0.5) is 5.82 Å². The van der Waals surface area contributed by atoms with Crippen molar-refractivity contribution in [2.75, 3.05) is 32.2 Å². The fourth-order valence-corrected chi connectivity index (χ4v) is 9.45. The number of ether oxygens (including phenoxy) is 2. The van der Waals surface area contributed by atoms with Crippen LogP contribution in [0.5, 0.6) is 0 Å². The van der Waals surface area contributed by atoms with Crippen molar-refractivity contribution >= 4 is 33.1 Å². The largest absolute Gasteiger partial charge is 0.421 e. The van der Waals surface area contributed by atoms with Crippen molar-refractivity contribution in [1.29, 1.82) is 0 Å². The number of carbonyl (C=O) groups is 1. The lowest BCUT2D eigenvalue weighted by molar-refractivity contribution is 0.0639. The Hall–Kier alpha value is -4.19. The number of benzene rings is 1. The van der Waals surface area contributed by atoms with Crippen LogP contribution in [0.3, 0.4) is 0 Å². The molecule has 10 nitrogen and oxygen atoms in total. The third kappa shape index (κ3) is 4.93. The van der Waals surface area contributed by atoms with Crippen molar-refractivity contribution in [3.8, 4) is 21.9 Å². The Balaban J connectivity index is 1.19. The standard InChI is InChI=1S/C37H38N6O4S/c1-20-41-42-36(47-20)30-25(10-9-21-12-16-46-17-13-21)39-33-27-8-5-15-43(27)37(44)32(33)31(30)29-18-22-11-14-38-35(34(22)48-29)40-26-19-28(45-2)24-7-4-3-6-23(24)26/h3-4,6-7,11,14,18,21,26-28H,5,8-10,12-13,15-17,19H2,1-2H3,(H,38,40)/t26-,27-,28-/m1/s1. The van der Waals surface area contributed by atoms with Crippen molar-refractivity contribution in [1.82, 2.24) is 25.1 Å². The monoisotopic (exact) mass is 662 g/mol. The molecule has 1 amide bonds. The Kier molecular flexibility index (Phi) is 7.51. The van der Waals surface area contributed by atoms with Crippen LogP contribution in [0.2, 0.25) is 0 Å². The molecule has 4 aliphatic rings. The van der Waals surface area contributed by atoms with E-state index < -0.39 is 0 Å². The third-order valence-electron chi connectivity index (χ3n) is 10.7. The van der Waals surface area contributed by atoms with Gasteiger partial charge in [0.15, 0.2) is 0 Å². The van der Waals surface area contributed by atoms with Gasteiger partial charge in [0.05, 0.1) is 45.4 Å². The number of fused-ring (bicyclic) bond motifs is 5. The van der Waals surface area contributed by atoms with Gasteiger partial charge in [-0.25, -0.2) is 4.98 Å². The Morgan fingerprint density at radius 1 is 1.06 bits per heavy atom. The smallest absolute Gasteiger partial charge is 0.257 e. The number of thiophene rings is 1. The van der Waals surface area contributed by atoms with Crippen LogP contribution in [0.15, 0.2) is 47.0 Å². The topological polar surface area (TPSA) is 116 Å². The number of methoxy groups -OCH3 is 1. The van der Waals surface area contributed by atoms with Crippen LogP contribution in [-0.4, -0.2) is 57.8 Å². The highest BCUT2D eigenvalue weighted by molar-refractivity contribution is 7.23. The average molecular weight is 663 g/mol. The van der Waals surface area contributed by atoms with E-state index in [1.54, 1.807) is 25.4 Å². The molecule has 7 heterocycles. The number of pyridine rings is 2. The number of rotatable bonds is 8. The summed E-state index contributed by atoms with van der Waals surface area (Å²) in [5, 5.41) is 13.6. The van der Waals surface area contributed by atoms with Gasteiger partial charge in [-0.3, -0.25) is 9.78 Å². The molecule has 0 saturated carbocycles. The lowest BCUT2D eigenvalue weighted by atomic mass is 9.90. The molecule has 0 spiro atoms. The van der Waals surface area contributed by atoms with Crippen molar-refractivity contribution in [2.45, 2.75) is 70.1 Å². The first kappa shape index (κ1) is 29.9. The number of hydrogen-bond donors (Lipinski definition) is 1. The van der Waals surface area contributed by atoms with Gasteiger partial charge in [0, 0.05) is 56.9 Å². The summed E-state index contributed by atoms with van der Waals surface area (Å²) in [6, 6.07) is 12.8. The maximum Gasteiger partial charge on any atom is 0.257 e. The Morgan fingerprint density at radius 2 is 1.92 bits per heavy atom. The normalized spacial score (nSPS) is 22.0. The van der Waals surface area contributed by atoms with Gasteiger partial charge in [0.1, 0.15) is 5.82 Å². The number of hydrogen-bond acceptors (Lipinski definition) is 10. The van der Waals surface area contributed by atoms with E-state index in [0.717, 1.165) is 108 Å². The lowest BCUT2D eigenvalue weighted by Gasteiger charge is -2.22. The number of nitrogens with one attached hydrogen (secondary N) is 1. The maximum atomic E-state index is 14.2. The molecule has 0 unspecified atom stereocenters. The number of aromatic nitrogens is 4. The molecule has 3 aliphatic heterocycles. The van der Waals surface area contributed by atoms with Gasteiger partial charge >= 0.3 is 0 Å². The zero-order chi connectivity index (χ0) is 32.4. The molecule has 1 aromatic carbocycles. The first-order valence-corrected chi connectivity index (χ1v) is 17.9. The van der Waals surface area contributed by atoms with Crippen LogP contribution in [0.1, 0.15) is 95.5 Å². The van der Waals surface area contributed by atoms with Crippen LogP contribution in [0.25, 0.3) is 32.0 Å². The van der Waals surface area contributed by atoms with E-state index in [1.807, 2.05) is 17.2 Å². The number of anilines is 1. The maximum absolute atomic E-state index is 14.2.